The minimum Gasteiger partial charge on any atom is -0.493 e. The Morgan fingerprint density at radius 3 is 2.84 bits per heavy atom. The van der Waals surface area contributed by atoms with Gasteiger partial charge in [0.25, 0.3) is 0 Å². The summed E-state index contributed by atoms with van der Waals surface area (Å²) in [5.41, 5.74) is 7.25. The molecule has 0 saturated heterocycles. The predicted octanol–water partition coefficient (Wildman–Crippen LogP) is 2.86. The Kier molecular flexibility index (Phi) is 4.47. The van der Waals surface area contributed by atoms with Gasteiger partial charge in [0.1, 0.15) is 11.6 Å². The summed E-state index contributed by atoms with van der Waals surface area (Å²) in [5, 5.41) is 0. The molecule has 1 heterocycles. The fraction of sp³-hybridized carbons (Fsp3) is 0.267. The third-order valence-corrected chi connectivity index (χ3v) is 2.84. The maximum Gasteiger partial charge on any atom is 0.131 e. The Morgan fingerprint density at radius 1 is 1.37 bits per heavy atom. The van der Waals surface area contributed by atoms with E-state index in [0.29, 0.717) is 17.9 Å². The monoisotopic (exact) mass is 260 g/mol. The lowest BCUT2D eigenvalue weighted by atomic mass is 10.1. The van der Waals surface area contributed by atoms with Crippen molar-refractivity contribution in [2.24, 2.45) is 5.73 Å². The molecule has 2 aromatic rings. The highest BCUT2D eigenvalue weighted by Crippen LogP contribution is 2.20. The molecule has 0 spiro atoms. The van der Waals surface area contributed by atoms with Gasteiger partial charge in [-0.05, 0) is 24.6 Å². The van der Waals surface area contributed by atoms with Crippen LogP contribution in [0.3, 0.4) is 0 Å². The molecule has 2 N–H and O–H groups in total. The van der Waals surface area contributed by atoms with Gasteiger partial charge < -0.3 is 10.5 Å². The van der Waals surface area contributed by atoms with E-state index in [2.05, 4.69) is 4.98 Å². The second-order valence-corrected chi connectivity index (χ2v) is 4.43. The summed E-state index contributed by atoms with van der Waals surface area (Å²) < 4.78 is 19.2. The quantitative estimate of drug-likeness (QED) is 0.899. The lowest BCUT2D eigenvalue weighted by molar-refractivity contribution is 0.319. The third kappa shape index (κ3) is 3.76. The molecular weight excluding hydrogens is 243 g/mol. The van der Waals surface area contributed by atoms with Gasteiger partial charge in [0.2, 0.25) is 0 Å². The summed E-state index contributed by atoms with van der Waals surface area (Å²) >= 11 is 0. The summed E-state index contributed by atoms with van der Waals surface area (Å²) in [6.45, 7) is 2.24. The minimum absolute atomic E-state index is 0.315. The van der Waals surface area contributed by atoms with Crippen LogP contribution in [0.4, 0.5) is 4.39 Å². The lowest BCUT2D eigenvalue weighted by Gasteiger charge is -2.10. The third-order valence-electron chi connectivity index (χ3n) is 2.84. The molecular formula is C15H17FN2O. The van der Waals surface area contributed by atoms with Crippen LogP contribution in [-0.4, -0.2) is 11.6 Å². The molecule has 0 aliphatic carbocycles. The van der Waals surface area contributed by atoms with Crippen molar-refractivity contribution in [2.75, 3.05) is 6.61 Å². The van der Waals surface area contributed by atoms with Crippen molar-refractivity contribution in [2.45, 2.75) is 19.4 Å². The van der Waals surface area contributed by atoms with Crippen LogP contribution in [0.2, 0.25) is 0 Å². The first-order chi connectivity index (χ1) is 9.16. The van der Waals surface area contributed by atoms with Gasteiger partial charge in [-0.3, -0.25) is 4.98 Å². The number of halogens is 1. The van der Waals surface area contributed by atoms with Gasteiger partial charge >= 0.3 is 0 Å². The number of rotatable bonds is 5. The average molecular weight is 260 g/mol. The number of aromatic nitrogens is 1. The second kappa shape index (κ2) is 6.29. The highest BCUT2D eigenvalue weighted by atomic mass is 19.1. The summed E-state index contributed by atoms with van der Waals surface area (Å²) in [5.74, 6) is 0.194. The van der Waals surface area contributed by atoms with E-state index in [0.717, 1.165) is 12.0 Å². The Hall–Kier alpha value is -1.94. The number of hydrogen-bond donors (Lipinski definition) is 1. The first-order valence-electron chi connectivity index (χ1n) is 6.23. The van der Waals surface area contributed by atoms with Crippen LogP contribution in [-0.2, 0) is 6.42 Å². The van der Waals surface area contributed by atoms with Crippen molar-refractivity contribution in [1.29, 1.82) is 0 Å². The molecule has 3 nitrogen and oxygen atoms in total. The van der Waals surface area contributed by atoms with Crippen molar-refractivity contribution < 1.29 is 9.13 Å². The number of pyridine rings is 1. The van der Waals surface area contributed by atoms with E-state index in [4.69, 9.17) is 10.5 Å². The Labute approximate surface area is 112 Å². The number of benzene rings is 1. The topological polar surface area (TPSA) is 48.1 Å². The van der Waals surface area contributed by atoms with E-state index in [1.807, 2.05) is 12.1 Å². The molecule has 1 atom stereocenters. The summed E-state index contributed by atoms with van der Waals surface area (Å²) in [7, 11) is 0. The van der Waals surface area contributed by atoms with E-state index in [-0.39, 0.29) is 11.9 Å². The highest BCUT2D eigenvalue weighted by Gasteiger charge is 2.07. The maximum absolute atomic E-state index is 13.7. The van der Waals surface area contributed by atoms with E-state index in [1.54, 1.807) is 31.5 Å². The first kappa shape index (κ1) is 13.5. The molecule has 0 saturated carbocycles. The van der Waals surface area contributed by atoms with Gasteiger partial charge in [-0.2, -0.15) is 0 Å². The smallest absolute Gasteiger partial charge is 0.131 e. The zero-order valence-corrected chi connectivity index (χ0v) is 10.8. The first-order valence-corrected chi connectivity index (χ1v) is 6.23. The minimum atomic E-state index is -0.325. The second-order valence-electron chi connectivity index (χ2n) is 4.43. The number of hydrogen-bond acceptors (Lipinski definition) is 3. The fourth-order valence-electron chi connectivity index (χ4n) is 1.80. The molecule has 0 fully saturated rings. The molecule has 1 aromatic carbocycles. The van der Waals surface area contributed by atoms with Crippen LogP contribution in [0.1, 0.15) is 24.1 Å². The van der Waals surface area contributed by atoms with Gasteiger partial charge in [-0.1, -0.05) is 12.1 Å². The van der Waals surface area contributed by atoms with Gasteiger partial charge in [-0.25, -0.2) is 4.39 Å². The molecule has 4 heteroatoms. The van der Waals surface area contributed by atoms with Crippen molar-refractivity contribution in [3.05, 3.63) is 59.7 Å². The van der Waals surface area contributed by atoms with Gasteiger partial charge in [0.05, 0.1) is 6.61 Å². The van der Waals surface area contributed by atoms with Crippen LogP contribution in [0.5, 0.6) is 5.75 Å². The van der Waals surface area contributed by atoms with Crippen LogP contribution in [0.15, 0.2) is 42.7 Å². The number of nitrogens with zero attached hydrogens (tertiary/aromatic N) is 1. The molecule has 1 unspecified atom stereocenters. The predicted molar refractivity (Wildman–Crippen MR) is 72.4 cm³/mol. The Morgan fingerprint density at radius 2 is 2.21 bits per heavy atom. The standard InChI is InChI=1S/C15H17FN2O/c1-11(17)14-5-4-13(9-15(14)16)19-8-6-12-3-2-7-18-10-12/h2-5,7,9-11H,6,8,17H2,1H3. The van der Waals surface area contributed by atoms with Crippen LogP contribution in [0, 0.1) is 5.82 Å². The summed E-state index contributed by atoms with van der Waals surface area (Å²) in [4.78, 5) is 4.03. The SMILES string of the molecule is CC(N)c1ccc(OCCc2cccnc2)cc1F. The normalized spacial score (nSPS) is 12.2. The van der Waals surface area contributed by atoms with Crippen LogP contribution < -0.4 is 10.5 Å². The van der Waals surface area contributed by atoms with E-state index >= 15 is 0 Å². The van der Waals surface area contributed by atoms with Crippen LogP contribution in [0.25, 0.3) is 0 Å². The fourth-order valence-corrected chi connectivity index (χ4v) is 1.80. The molecule has 2 rings (SSSR count). The van der Waals surface area contributed by atoms with Crippen LogP contribution >= 0.6 is 0 Å². The number of nitrogens with two attached hydrogens (primary N) is 1. The molecule has 19 heavy (non-hydrogen) atoms. The lowest BCUT2D eigenvalue weighted by Crippen LogP contribution is -2.08. The van der Waals surface area contributed by atoms with Crippen molar-refractivity contribution >= 4 is 0 Å². The largest absolute Gasteiger partial charge is 0.493 e. The maximum atomic E-state index is 13.7. The molecule has 100 valence electrons. The zero-order chi connectivity index (χ0) is 13.7. The molecule has 0 aliphatic heterocycles. The Bertz CT molecular complexity index is 529. The van der Waals surface area contributed by atoms with Crippen molar-refractivity contribution in [3.63, 3.8) is 0 Å². The Balaban J connectivity index is 1.92. The van der Waals surface area contributed by atoms with E-state index in [1.165, 1.54) is 6.07 Å². The van der Waals surface area contributed by atoms with Gasteiger partial charge in [0.15, 0.2) is 0 Å². The van der Waals surface area contributed by atoms with Gasteiger partial charge in [0, 0.05) is 36.5 Å². The highest BCUT2D eigenvalue weighted by molar-refractivity contribution is 5.30. The zero-order valence-electron chi connectivity index (χ0n) is 10.8. The molecule has 0 amide bonds. The van der Waals surface area contributed by atoms with Crippen molar-refractivity contribution in [1.82, 2.24) is 4.98 Å². The molecule has 0 aliphatic rings. The number of ether oxygens (including phenoxy) is 1. The average Bonchev–Trinajstić information content (AvgIpc) is 2.39. The summed E-state index contributed by atoms with van der Waals surface area (Å²) in [6, 6.07) is 8.33. The van der Waals surface area contributed by atoms with E-state index in [9.17, 15) is 4.39 Å². The summed E-state index contributed by atoms with van der Waals surface area (Å²) in [6.07, 6.45) is 4.26. The van der Waals surface area contributed by atoms with E-state index < -0.39 is 0 Å². The molecule has 1 aromatic heterocycles. The molecule has 0 bridgehead atoms. The van der Waals surface area contributed by atoms with Gasteiger partial charge in [-0.15, -0.1) is 0 Å². The molecule has 0 radical (unpaired) electrons. The van der Waals surface area contributed by atoms with Crippen molar-refractivity contribution in [3.8, 4) is 5.75 Å².